The van der Waals surface area contributed by atoms with Gasteiger partial charge in [-0.1, -0.05) is 6.92 Å². The van der Waals surface area contributed by atoms with E-state index < -0.39 is 29.4 Å². The number of carbonyl (C=O) groups excluding carboxylic acids is 2. The molecule has 1 amide bonds. The Morgan fingerprint density at radius 3 is 2.57 bits per heavy atom. The van der Waals surface area contributed by atoms with Gasteiger partial charge in [-0.05, 0) is 24.6 Å². The molecule has 0 aliphatic carbocycles. The monoisotopic (exact) mass is 401 g/mol. The first-order valence-electron chi connectivity index (χ1n) is 8.46. The van der Waals surface area contributed by atoms with Crippen LogP contribution >= 0.6 is 0 Å². The number of nitrogens with zero attached hydrogens (tertiary/aromatic N) is 2. The number of alkyl halides is 3. The van der Waals surface area contributed by atoms with Crippen LogP contribution < -0.4 is 5.32 Å². The van der Waals surface area contributed by atoms with Gasteiger partial charge in [-0.3, -0.25) is 14.3 Å². The summed E-state index contributed by atoms with van der Waals surface area (Å²) in [5.74, 6) is -2.13. The molecule has 2 rings (SSSR count). The zero-order valence-electron chi connectivity index (χ0n) is 15.3. The van der Waals surface area contributed by atoms with Crippen molar-refractivity contribution in [2.45, 2.75) is 32.5 Å². The molecule has 1 aromatic heterocycles. The number of ether oxygens (including phenoxy) is 1. The van der Waals surface area contributed by atoms with Crippen molar-refractivity contribution >= 4 is 11.9 Å². The predicted molar refractivity (Wildman–Crippen MR) is 91.9 cm³/mol. The maximum absolute atomic E-state index is 14.1. The molecule has 0 fully saturated rings. The maximum atomic E-state index is 14.1. The van der Waals surface area contributed by atoms with Gasteiger partial charge in [-0.2, -0.15) is 18.3 Å². The lowest BCUT2D eigenvalue weighted by atomic mass is 10.0. The number of hydrogen-bond acceptors (Lipinski definition) is 4. The fraction of sp³-hybridized carbons (Fsp3) is 0.389. The van der Waals surface area contributed by atoms with E-state index in [9.17, 15) is 27.2 Å². The lowest BCUT2D eigenvalue weighted by molar-refractivity contribution is -0.140. The van der Waals surface area contributed by atoms with Crippen LogP contribution in [-0.2, 0) is 22.3 Å². The molecule has 1 aromatic carbocycles. The average Bonchev–Trinajstić information content (AvgIpc) is 3.05. The van der Waals surface area contributed by atoms with E-state index in [2.05, 4.69) is 15.2 Å². The Hall–Kier alpha value is -2.91. The Morgan fingerprint density at radius 1 is 1.25 bits per heavy atom. The molecule has 2 aromatic rings. The lowest BCUT2D eigenvalue weighted by Gasteiger charge is -2.13. The molecular formula is C18H19F4N3O3. The molecule has 0 saturated carbocycles. The van der Waals surface area contributed by atoms with Gasteiger partial charge in [-0.15, -0.1) is 0 Å². The van der Waals surface area contributed by atoms with Crippen molar-refractivity contribution in [1.82, 2.24) is 15.1 Å². The molecule has 1 heterocycles. The minimum atomic E-state index is -4.68. The number of hydrogen-bond donors (Lipinski definition) is 1. The summed E-state index contributed by atoms with van der Waals surface area (Å²) in [6.45, 7) is 1.91. The first kappa shape index (κ1) is 21.4. The number of methoxy groups -OCH3 is 1. The van der Waals surface area contributed by atoms with Crippen molar-refractivity contribution in [2.75, 3.05) is 13.7 Å². The minimum absolute atomic E-state index is 0.0566. The Balaban J connectivity index is 2.39. The Kier molecular flexibility index (Phi) is 6.76. The van der Waals surface area contributed by atoms with Gasteiger partial charge in [0.15, 0.2) is 0 Å². The fourth-order valence-corrected chi connectivity index (χ4v) is 2.62. The molecule has 0 bridgehead atoms. The summed E-state index contributed by atoms with van der Waals surface area (Å²) in [5.41, 5.74) is -1.60. The van der Waals surface area contributed by atoms with E-state index in [0.717, 1.165) is 22.9 Å². The van der Waals surface area contributed by atoms with Crippen molar-refractivity contribution in [1.29, 1.82) is 0 Å². The van der Waals surface area contributed by atoms with E-state index in [0.29, 0.717) is 12.6 Å². The number of aryl methyl sites for hydroxylation is 1. The van der Waals surface area contributed by atoms with Crippen LogP contribution in [0.5, 0.6) is 0 Å². The number of amides is 1. The number of halogens is 4. The van der Waals surface area contributed by atoms with E-state index in [-0.39, 0.29) is 36.3 Å². The molecule has 152 valence electrons. The largest absolute Gasteiger partial charge is 0.469 e. The molecule has 0 aliphatic heterocycles. The summed E-state index contributed by atoms with van der Waals surface area (Å²) in [5, 5.41) is 6.15. The van der Waals surface area contributed by atoms with Gasteiger partial charge >= 0.3 is 12.1 Å². The van der Waals surface area contributed by atoms with Gasteiger partial charge in [0.2, 0.25) is 0 Å². The van der Waals surface area contributed by atoms with Crippen LogP contribution in [0.1, 0.15) is 35.7 Å². The highest BCUT2D eigenvalue weighted by Gasteiger charge is 2.37. The van der Waals surface area contributed by atoms with E-state index in [1.165, 1.54) is 7.11 Å². The highest BCUT2D eigenvalue weighted by Crippen LogP contribution is 2.37. The third kappa shape index (κ3) is 5.08. The number of benzene rings is 1. The number of carbonyl (C=O) groups is 2. The van der Waals surface area contributed by atoms with Crippen LogP contribution in [0, 0.1) is 5.82 Å². The van der Waals surface area contributed by atoms with Gasteiger partial charge in [0.1, 0.15) is 11.4 Å². The molecule has 0 radical (unpaired) electrons. The maximum Gasteiger partial charge on any atom is 0.420 e. The van der Waals surface area contributed by atoms with Crippen LogP contribution in [0.25, 0.3) is 11.3 Å². The molecule has 6 nitrogen and oxygen atoms in total. The SMILES string of the molecule is CCCn1ncc(C(F)(F)F)c1-c1cc(F)cc(C(=O)NCCC(=O)OC)c1. The zero-order valence-corrected chi connectivity index (χ0v) is 15.3. The summed E-state index contributed by atoms with van der Waals surface area (Å²) in [6, 6.07) is 2.99. The van der Waals surface area contributed by atoms with Gasteiger partial charge in [0.05, 0.1) is 25.4 Å². The van der Waals surface area contributed by atoms with E-state index in [1.807, 2.05) is 0 Å². The lowest BCUT2D eigenvalue weighted by Crippen LogP contribution is -2.26. The molecule has 28 heavy (non-hydrogen) atoms. The van der Waals surface area contributed by atoms with Crippen molar-refractivity contribution in [2.24, 2.45) is 0 Å². The van der Waals surface area contributed by atoms with Gasteiger partial charge in [0, 0.05) is 24.2 Å². The van der Waals surface area contributed by atoms with Crippen LogP contribution in [-0.4, -0.2) is 35.3 Å². The molecule has 0 saturated heterocycles. The average molecular weight is 401 g/mol. The topological polar surface area (TPSA) is 73.2 Å². The summed E-state index contributed by atoms with van der Waals surface area (Å²) in [7, 11) is 1.20. The third-order valence-electron chi connectivity index (χ3n) is 3.86. The Bertz CT molecular complexity index is 862. The van der Waals surface area contributed by atoms with E-state index >= 15 is 0 Å². The molecule has 10 heteroatoms. The number of nitrogens with one attached hydrogen (secondary N) is 1. The summed E-state index contributed by atoms with van der Waals surface area (Å²) >= 11 is 0. The fourth-order valence-electron chi connectivity index (χ4n) is 2.62. The number of esters is 1. The first-order chi connectivity index (χ1) is 13.2. The standard InChI is InChI=1S/C18H19F4N3O3/c1-3-6-25-16(14(10-24-25)18(20,21)22)11-7-12(9-13(19)8-11)17(27)23-5-4-15(26)28-2/h7-10H,3-6H2,1-2H3,(H,23,27). The highest BCUT2D eigenvalue weighted by molar-refractivity contribution is 5.95. The number of rotatable bonds is 7. The molecule has 0 unspecified atom stereocenters. The smallest absolute Gasteiger partial charge is 0.420 e. The van der Waals surface area contributed by atoms with E-state index in [1.54, 1.807) is 6.92 Å². The zero-order chi connectivity index (χ0) is 20.9. The van der Waals surface area contributed by atoms with Crippen LogP contribution in [0.2, 0.25) is 0 Å². The van der Waals surface area contributed by atoms with Crippen molar-refractivity contribution < 1.29 is 31.9 Å². The minimum Gasteiger partial charge on any atom is -0.469 e. The van der Waals surface area contributed by atoms with Gasteiger partial charge in [-0.25, -0.2) is 4.39 Å². The molecule has 0 atom stereocenters. The van der Waals surface area contributed by atoms with Crippen molar-refractivity contribution in [3.63, 3.8) is 0 Å². The van der Waals surface area contributed by atoms with Crippen LogP contribution in [0.3, 0.4) is 0 Å². The predicted octanol–water partition coefficient (Wildman–Crippen LogP) is 3.41. The second-order valence-electron chi connectivity index (χ2n) is 5.94. The second kappa shape index (κ2) is 8.85. The second-order valence-corrected chi connectivity index (χ2v) is 5.94. The normalized spacial score (nSPS) is 11.4. The van der Waals surface area contributed by atoms with Crippen LogP contribution in [0.15, 0.2) is 24.4 Å². The first-order valence-corrected chi connectivity index (χ1v) is 8.46. The van der Waals surface area contributed by atoms with Crippen LogP contribution in [0.4, 0.5) is 17.6 Å². The molecule has 0 spiro atoms. The van der Waals surface area contributed by atoms with Gasteiger partial charge < -0.3 is 10.1 Å². The third-order valence-corrected chi connectivity index (χ3v) is 3.86. The van der Waals surface area contributed by atoms with Gasteiger partial charge in [0.25, 0.3) is 5.91 Å². The summed E-state index contributed by atoms with van der Waals surface area (Å²) in [4.78, 5) is 23.3. The molecular weight excluding hydrogens is 382 g/mol. The molecule has 1 N–H and O–H groups in total. The van der Waals surface area contributed by atoms with E-state index in [4.69, 9.17) is 0 Å². The summed E-state index contributed by atoms with van der Waals surface area (Å²) in [6.07, 6.45) is -3.57. The molecule has 0 aliphatic rings. The number of aromatic nitrogens is 2. The van der Waals surface area contributed by atoms with Crippen molar-refractivity contribution in [3.05, 3.63) is 41.3 Å². The summed E-state index contributed by atoms with van der Waals surface area (Å²) < 4.78 is 59.7. The Labute approximate surface area is 158 Å². The van der Waals surface area contributed by atoms with Crippen molar-refractivity contribution in [3.8, 4) is 11.3 Å². The quantitative estimate of drug-likeness (QED) is 0.570. The Morgan fingerprint density at radius 2 is 1.96 bits per heavy atom. The highest BCUT2D eigenvalue weighted by atomic mass is 19.4.